The van der Waals surface area contributed by atoms with Crippen molar-refractivity contribution in [3.63, 3.8) is 0 Å². The Morgan fingerprint density at radius 3 is 1.83 bits per heavy atom. The van der Waals surface area contributed by atoms with Crippen LogP contribution < -0.4 is 0 Å². The van der Waals surface area contributed by atoms with Gasteiger partial charge < -0.3 is 0 Å². The Bertz CT molecular complexity index is 151. The molecule has 0 aromatic carbocycles. The van der Waals surface area contributed by atoms with Crippen LogP contribution in [0.15, 0.2) is 20.3 Å². The molecule has 2 aliphatic carbocycles. The summed E-state index contributed by atoms with van der Waals surface area (Å²) in [6.45, 7) is 2.17. The van der Waals surface area contributed by atoms with Crippen LogP contribution in [0.2, 0.25) is 0 Å². The normalized spacial score (nSPS) is 25.0. The molecule has 6 heavy (non-hydrogen) atoms. The molecular formula is C5H3I. The summed E-state index contributed by atoms with van der Waals surface area (Å²) < 4.78 is 1.53. The second-order valence-corrected chi connectivity index (χ2v) is 2.77. The largest absolute Gasteiger partial charge is 0.0429 e. The molecule has 0 aromatic heterocycles. The van der Waals surface area contributed by atoms with Gasteiger partial charge in [-0.05, 0) is 35.1 Å². The molecule has 2 aliphatic rings. The Labute approximate surface area is 50.1 Å². The first-order chi connectivity index (χ1) is 2.82. The lowest BCUT2D eigenvalue weighted by atomic mass is 10.5. The molecule has 0 atom stereocenters. The summed E-state index contributed by atoms with van der Waals surface area (Å²) in [6, 6.07) is 0. The zero-order valence-electron chi connectivity index (χ0n) is 3.38. The van der Waals surface area contributed by atoms with E-state index in [1.165, 1.54) is 3.58 Å². The third-order valence-electron chi connectivity index (χ3n) is 1.31. The fourth-order valence-electron chi connectivity index (χ4n) is 0.713. The molecule has 1 heteroatoms. The zero-order chi connectivity index (χ0) is 4.31. The minimum Gasteiger partial charge on any atom is -0.0429 e. The average molecular weight is 190 g/mol. The van der Waals surface area contributed by atoms with E-state index in [9.17, 15) is 0 Å². The molecule has 0 heterocycles. The van der Waals surface area contributed by atoms with Crippen molar-refractivity contribution >= 4 is 22.6 Å². The highest BCUT2D eigenvalue weighted by Gasteiger charge is 2.44. The van der Waals surface area contributed by atoms with Crippen molar-refractivity contribution in [1.82, 2.24) is 0 Å². The molecule has 0 aliphatic heterocycles. The first-order valence-corrected chi connectivity index (χ1v) is 3.02. The second kappa shape index (κ2) is 0.619. The summed E-state index contributed by atoms with van der Waals surface area (Å²) in [5.41, 5.74) is 4.71. The minimum absolute atomic E-state index is 1.53. The molecule has 0 saturated heterocycles. The Hall–Kier alpha value is 0.210. The van der Waals surface area contributed by atoms with Crippen LogP contribution >= 0.6 is 22.6 Å². The van der Waals surface area contributed by atoms with E-state index in [0.29, 0.717) is 0 Å². The number of hydrogen-bond donors (Lipinski definition) is 0. The predicted octanol–water partition coefficient (Wildman–Crippen LogP) is 2.02. The van der Waals surface area contributed by atoms with E-state index in [1.807, 2.05) is 0 Å². The first-order valence-electron chi connectivity index (χ1n) is 1.94. The van der Waals surface area contributed by atoms with Gasteiger partial charge in [0.2, 0.25) is 0 Å². The lowest BCUT2D eigenvalue weighted by molar-refractivity contribution is 1.64. The van der Waals surface area contributed by atoms with E-state index >= 15 is 0 Å². The van der Waals surface area contributed by atoms with E-state index in [0.717, 1.165) is 0 Å². The fourth-order valence-corrected chi connectivity index (χ4v) is 1.93. The summed E-state index contributed by atoms with van der Waals surface area (Å²) in [7, 11) is 0. The highest BCUT2D eigenvalue weighted by atomic mass is 127. The van der Waals surface area contributed by atoms with Crippen molar-refractivity contribution in [2.75, 3.05) is 0 Å². The van der Waals surface area contributed by atoms with Gasteiger partial charge >= 0.3 is 0 Å². The maximum Gasteiger partial charge on any atom is 0.0293 e. The fraction of sp³-hybridized carbons (Fsp3) is 0.200. The van der Waals surface area contributed by atoms with Gasteiger partial charge in [0.1, 0.15) is 0 Å². The van der Waals surface area contributed by atoms with Crippen LogP contribution in [0.5, 0.6) is 0 Å². The Balaban J connectivity index is 2.45. The molecule has 0 saturated carbocycles. The Kier molecular flexibility index (Phi) is 0.335. The molecule has 0 fully saturated rings. The predicted molar refractivity (Wildman–Crippen MR) is 33.7 cm³/mol. The quantitative estimate of drug-likeness (QED) is 0.512. The lowest BCUT2D eigenvalue weighted by Gasteiger charge is -1.69. The zero-order valence-corrected chi connectivity index (χ0v) is 5.54. The van der Waals surface area contributed by atoms with Gasteiger partial charge in [-0.3, -0.25) is 0 Å². The van der Waals surface area contributed by atoms with E-state index < -0.39 is 0 Å². The van der Waals surface area contributed by atoms with Gasteiger partial charge in [-0.15, -0.1) is 0 Å². The highest BCUT2D eigenvalue weighted by molar-refractivity contribution is 14.1. The summed E-state index contributed by atoms with van der Waals surface area (Å²) in [4.78, 5) is 0. The molecule has 0 N–H and O–H groups in total. The number of allylic oxidation sites excluding steroid dienone is 4. The summed E-state index contributed by atoms with van der Waals surface area (Å²) in [5.74, 6) is 0. The lowest BCUT2D eigenvalue weighted by Crippen LogP contribution is -1.48. The van der Waals surface area contributed by atoms with Crippen LogP contribution in [0.4, 0.5) is 0 Å². The maximum absolute atomic E-state index is 2.37. The molecule has 0 unspecified atom stereocenters. The van der Waals surface area contributed by atoms with Crippen LogP contribution in [0.3, 0.4) is 0 Å². The molecule has 0 radical (unpaired) electrons. The van der Waals surface area contributed by atoms with Gasteiger partial charge in [0.15, 0.2) is 0 Å². The number of rotatable bonds is 0. The van der Waals surface area contributed by atoms with Gasteiger partial charge in [0.05, 0.1) is 0 Å². The monoisotopic (exact) mass is 190 g/mol. The molecule has 30 valence electrons. The molecular weight excluding hydrogens is 187 g/mol. The molecule has 0 spiro atoms. The topological polar surface area (TPSA) is 0 Å². The van der Waals surface area contributed by atoms with Gasteiger partial charge in [0, 0.05) is 14.7 Å². The van der Waals surface area contributed by atoms with Gasteiger partial charge in [-0.1, -0.05) is 0 Å². The average Bonchev–Trinajstić information content (AvgIpc) is 2.28. The van der Waals surface area contributed by atoms with Crippen LogP contribution in [-0.2, 0) is 0 Å². The number of hydrogen-bond acceptors (Lipinski definition) is 0. The van der Waals surface area contributed by atoms with Crippen LogP contribution in [0, 0.1) is 0 Å². The van der Waals surface area contributed by atoms with Crippen molar-refractivity contribution < 1.29 is 0 Å². The Morgan fingerprint density at radius 2 is 1.83 bits per heavy atom. The van der Waals surface area contributed by atoms with Crippen molar-refractivity contribution in [1.29, 1.82) is 0 Å². The van der Waals surface area contributed by atoms with Crippen LogP contribution in [0.1, 0.15) is 6.92 Å². The van der Waals surface area contributed by atoms with Crippen LogP contribution in [-0.4, -0.2) is 0 Å². The van der Waals surface area contributed by atoms with Gasteiger partial charge in [0.25, 0.3) is 0 Å². The van der Waals surface area contributed by atoms with E-state index in [1.54, 1.807) is 16.7 Å². The Morgan fingerprint density at radius 1 is 1.33 bits per heavy atom. The first kappa shape index (κ1) is 3.24. The highest BCUT2D eigenvalue weighted by Crippen LogP contribution is 2.63. The van der Waals surface area contributed by atoms with Crippen molar-refractivity contribution in [3.05, 3.63) is 20.3 Å². The number of fused-ring (bicyclic) bond motifs is 1. The van der Waals surface area contributed by atoms with E-state index in [4.69, 9.17) is 0 Å². The van der Waals surface area contributed by atoms with E-state index in [-0.39, 0.29) is 0 Å². The molecule has 0 aromatic rings. The van der Waals surface area contributed by atoms with Crippen LogP contribution in [0.25, 0.3) is 0 Å². The van der Waals surface area contributed by atoms with Gasteiger partial charge in [-0.25, -0.2) is 0 Å². The molecule has 0 nitrogen and oxygen atoms in total. The second-order valence-electron chi connectivity index (χ2n) is 1.69. The summed E-state index contributed by atoms with van der Waals surface area (Å²) in [6.07, 6.45) is 0. The SMILES string of the molecule is CC1=C2C(I)=C12. The van der Waals surface area contributed by atoms with Crippen molar-refractivity contribution in [3.8, 4) is 0 Å². The van der Waals surface area contributed by atoms with Crippen molar-refractivity contribution in [2.24, 2.45) is 0 Å². The smallest absolute Gasteiger partial charge is 0.0293 e. The summed E-state index contributed by atoms with van der Waals surface area (Å²) in [5, 5.41) is 0. The third-order valence-corrected chi connectivity index (χ3v) is 2.39. The standard InChI is InChI=1S/C5H3I/c1-2-3-4(2)5(3)6/h1H3. The minimum atomic E-state index is 1.53. The maximum atomic E-state index is 2.37. The number of halogens is 1. The third kappa shape index (κ3) is 0.165. The van der Waals surface area contributed by atoms with E-state index in [2.05, 4.69) is 29.5 Å². The molecule has 2 rings (SSSR count). The molecule has 0 amide bonds. The molecule has 0 bridgehead atoms. The van der Waals surface area contributed by atoms with Crippen molar-refractivity contribution in [2.45, 2.75) is 6.92 Å². The van der Waals surface area contributed by atoms with Gasteiger partial charge in [-0.2, -0.15) is 0 Å². The summed E-state index contributed by atoms with van der Waals surface area (Å²) >= 11 is 2.37.